The van der Waals surface area contributed by atoms with Crippen molar-refractivity contribution in [2.75, 3.05) is 0 Å². The first kappa shape index (κ1) is 15.6. The van der Waals surface area contributed by atoms with Gasteiger partial charge in [-0.05, 0) is 35.9 Å². The highest BCUT2D eigenvalue weighted by atomic mass is 35.5. The van der Waals surface area contributed by atoms with Crippen molar-refractivity contribution in [3.63, 3.8) is 0 Å². The van der Waals surface area contributed by atoms with Gasteiger partial charge in [-0.3, -0.25) is 4.79 Å². The van der Waals surface area contributed by atoms with Gasteiger partial charge in [0.15, 0.2) is 5.43 Å². The molecule has 0 N–H and O–H groups in total. The van der Waals surface area contributed by atoms with Crippen LogP contribution in [0.5, 0.6) is 0 Å². The average molecular weight is 349 g/mol. The lowest BCUT2D eigenvalue weighted by atomic mass is 10.2. The predicted molar refractivity (Wildman–Crippen MR) is 88.1 cm³/mol. The number of fused-ring (bicyclic) bond motifs is 1. The van der Waals surface area contributed by atoms with Crippen LogP contribution < -0.4 is 5.43 Å². The number of halogens is 2. The lowest BCUT2D eigenvalue weighted by molar-refractivity contribution is 0.0436. The summed E-state index contributed by atoms with van der Waals surface area (Å²) in [6.45, 7) is 0.0295. The van der Waals surface area contributed by atoms with Crippen molar-refractivity contribution in [3.05, 3.63) is 80.1 Å². The summed E-state index contributed by atoms with van der Waals surface area (Å²) in [7, 11) is 0. The fourth-order valence-corrected chi connectivity index (χ4v) is 2.46. The largest absolute Gasteiger partial charge is 0.455 e. The Morgan fingerprint density at radius 2 is 1.83 bits per heavy atom. The van der Waals surface area contributed by atoms with Crippen molar-refractivity contribution >= 4 is 40.1 Å². The maximum atomic E-state index is 12.1. The van der Waals surface area contributed by atoms with Crippen molar-refractivity contribution < 1.29 is 13.9 Å². The van der Waals surface area contributed by atoms with Crippen LogP contribution in [0.2, 0.25) is 10.0 Å². The molecular formula is C17H10Cl2O4. The van der Waals surface area contributed by atoms with E-state index in [0.29, 0.717) is 15.4 Å². The second kappa shape index (κ2) is 6.44. The van der Waals surface area contributed by atoms with Crippen LogP contribution in [-0.4, -0.2) is 5.97 Å². The van der Waals surface area contributed by atoms with E-state index in [1.165, 1.54) is 12.1 Å². The zero-order valence-corrected chi connectivity index (χ0v) is 13.2. The molecule has 0 aliphatic rings. The molecule has 2 aromatic carbocycles. The van der Waals surface area contributed by atoms with Gasteiger partial charge in [0.25, 0.3) is 0 Å². The van der Waals surface area contributed by atoms with Gasteiger partial charge in [0.1, 0.15) is 12.2 Å². The van der Waals surface area contributed by atoms with Gasteiger partial charge in [0.2, 0.25) is 5.76 Å². The van der Waals surface area contributed by atoms with Gasteiger partial charge in [-0.2, -0.15) is 0 Å². The SMILES string of the molecule is O=C(OCc1cccc(Cl)c1)c1cc(=O)c2cc(Cl)ccc2o1. The molecule has 0 amide bonds. The van der Waals surface area contributed by atoms with Gasteiger partial charge < -0.3 is 9.15 Å². The van der Waals surface area contributed by atoms with Crippen LogP contribution >= 0.6 is 23.2 Å². The molecule has 0 bridgehead atoms. The topological polar surface area (TPSA) is 56.5 Å². The first-order chi connectivity index (χ1) is 11.0. The fraction of sp³-hybridized carbons (Fsp3) is 0.0588. The van der Waals surface area contributed by atoms with E-state index in [-0.39, 0.29) is 23.4 Å². The predicted octanol–water partition coefficient (Wildman–Crippen LogP) is 4.46. The molecule has 0 saturated heterocycles. The fourth-order valence-electron chi connectivity index (χ4n) is 2.08. The van der Waals surface area contributed by atoms with Gasteiger partial charge in [-0.1, -0.05) is 35.3 Å². The molecule has 0 spiro atoms. The number of esters is 1. The molecule has 1 aromatic heterocycles. The highest BCUT2D eigenvalue weighted by Gasteiger charge is 2.14. The lowest BCUT2D eigenvalue weighted by Gasteiger charge is -2.05. The molecule has 0 aliphatic heterocycles. The Bertz CT molecular complexity index is 947. The standard InChI is InChI=1S/C17H10Cl2O4/c18-11-3-1-2-10(6-11)9-22-17(21)16-8-14(20)13-7-12(19)4-5-15(13)23-16/h1-8H,9H2. The molecule has 6 heteroatoms. The molecule has 23 heavy (non-hydrogen) atoms. The zero-order valence-electron chi connectivity index (χ0n) is 11.7. The van der Waals surface area contributed by atoms with Gasteiger partial charge in [0, 0.05) is 16.1 Å². The van der Waals surface area contributed by atoms with E-state index in [9.17, 15) is 9.59 Å². The highest BCUT2D eigenvalue weighted by Crippen LogP contribution is 2.18. The molecule has 0 fully saturated rings. The van der Waals surface area contributed by atoms with Crippen LogP contribution in [0, 0.1) is 0 Å². The molecule has 3 aromatic rings. The summed E-state index contributed by atoms with van der Waals surface area (Å²) in [5, 5.41) is 1.28. The van der Waals surface area contributed by atoms with E-state index >= 15 is 0 Å². The van der Waals surface area contributed by atoms with Crippen molar-refractivity contribution in [2.45, 2.75) is 6.61 Å². The van der Waals surface area contributed by atoms with Crippen molar-refractivity contribution in [3.8, 4) is 0 Å². The monoisotopic (exact) mass is 348 g/mol. The second-order valence-electron chi connectivity index (χ2n) is 4.82. The first-order valence-corrected chi connectivity index (χ1v) is 7.43. The minimum Gasteiger partial charge on any atom is -0.455 e. The normalized spacial score (nSPS) is 10.7. The van der Waals surface area contributed by atoms with Crippen LogP contribution in [0.4, 0.5) is 0 Å². The summed E-state index contributed by atoms with van der Waals surface area (Å²) >= 11 is 11.7. The number of carbonyl (C=O) groups excluding carboxylic acids is 1. The van der Waals surface area contributed by atoms with Gasteiger partial charge in [-0.25, -0.2) is 4.79 Å². The summed E-state index contributed by atoms with van der Waals surface area (Å²) in [5.74, 6) is -0.884. The van der Waals surface area contributed by atoms with Gasteiger partial charge in [-0.15, -0.1) is 0 Å². The van der Waals surface area contributed by atoms with Crippen LogP contribution in [0.3, 0.4) is 0 Å². The zero-order chi connectivity index (χ0) is 16.4. The number of ether oxygens (including phenoxy) is 1. The second-order valence-corrected chi connectivity index (χ2v) is 5.69. The third-order valence-corrected chi connectivity index (χ3v) is 3.62. The van der Waals surface area contributed by atoms with E-state index in [0.717, 1.165) is 11.6 Å². The number of hydrogen-bond donors (Lipinski definition) is 0. The van der Waals surface area contributed by atoms with Gasteiger partial charge in [0.05, 0.1) is 5.39 Å². The van der Waals surface area contributed by atoms with Crippen molar-refractivity contribution in [1.82, 2.24) is 0 Å². The van der Waals surface area contributed by atoms with Gasteiger partial charge >= 0.3 is 5.97 Å². The smallest absolute Gasteiger partial charge is 0.374 e. The van der Waals surface area contributed by atoms with E-state index in [4.69, 9.17) is 32.4 Å². The molecule has 3 rings (SSSR count). The number of carbonyl (C=O) groups is 1. The van der Waals surface area contributed by atoms with E-state index in [1.54, 1.807) is 30.3 Å². The van der Waals surface area contributed by atoms with Crippen LogP contribution in [0.15, 0.2) is 57.7 Å². The molecule has 0 aliphatic carbocycles. The molecule has 4 nitrogen and oxygen atoms in total. The highest BCUT2D eigenvalue weighted by molar-refractivity contribution is 6.31. The maximum Gasteiger partial charge on any atom is 0.374 e. The number of rotatable bonds is 3. The van der Waals surface area contributed by atoms with E-state index < -0.39 is 5.97 Å². The molecule has 116 valence electrons. The Kier molecular flexibility index (Phi) is 4.37. The third-order valence-electron chi connectivity index (χ3n) is 3.15. The Balaban J connectivity index is 1.83. The maximum absolute atomic E-state index is 12.1. The quantitative estimate of drug-likeness (QED) is 0.655. The summed E-state index contributed by atoms with van der Waals surface area (Å²) in [6.07, 6.45) is 0. The minimum atomic E-state index is -0.723. The molecule has 0 atom stereocenters. The summed E-state index contributed by atoms with van der Waals surface area (Å²) < 4.78 is 10.6. The van der Waals surface area contributed by atoms with Crippen LogP contribution in [0.25, 0.3) is 11.0 Å². The molecular weight excluding hydrogens is 339 g/mol. The van der Waals surface area contributed by atoms with E-state index in [1.807, 2.05) is 0 Å². The van der Waals surface area contributed by atoms with Crippen LogP contribution in [-0.2, 0) is 11.3 Å². The Morgan fingerprint density at radius 1 is 1.04 bits per heavy atom. The number of benzene rings is 2. The third kappa shape index (κ3) is 3.55. The molecule has 0 saturated carbocycles. The van der Waals surface area contributed by atoms with E-state index in [2.05, 4.69) is 0 Å². The summed E-state index contributed by atoms with van der Waals surface area (Å²) in [6, 6.07) is 12.6. The van der Waals surface area contributed by atoms with Crippen molar-refractivity contribution in [1.29, 1.82) is 0 Å². The minimum absolute atomic E-state index is 0.0295. The van der Waals surface area contributed by atoms with Crippen LogP contribution in [0.1, 0.15) is 16.1 Å². The Hall–Kier alpha value is -2.30. The van der Waals surface area contributed by atoms with Crippen molar-refractivity contribution in [2.24, 2.45) is 0 Å². The summed E-state index contributed by atoms with van der Waals surface area (Å²) in [4.78, 5) is 24.1. The lowest BCUT2D eigenvalue weighted by Crippen LogP contribution is -2.10. The average Bonchev–Trinajstić information content (AvgIpc) is 2.53. The first-order valence-electron chi connectivity index (χ1n) is 6.68. The number of hydrogen-bond acceptors (Lipinski definition) is 4. The summed E-state index contributed by atoms with van der Waals surface area (Å²) in [5.41, 5.74) is 0.654. The Labute approximate surface area is 141 Å². The molecule has 0 unspecified atom stereocenters. The molecule has 0 radical (unpaired) electrons. The molecule has 1 heterocycles. The Morgan fingerprint density at radius 3 is 2.61 bits per heavy atom.